The highest BCUT2D eigenvalue weighted by Crippen LogP contribution is 2.27. The van der Waals surface area contributed by atoms with Crippen LogP contribution in [0.5, 0.6) is 5.88 Å². The molecule has 0 amide bonds. The van der Waals surface area contributed by atoms with Crippen molar-refractivity contribution >= 4 is 10.9 Å². The molecule has 1 atom stereocenters. The Morgan fingerprint density at radius 1 is 1.35 bits per heavy atom. The van der Waals surface area contributed by atoms with Crippen LogP contribution in [0.4, 0.5) is 0 Å². The summed E-state index contributed by atoms with van der Waals surface area (Å²) < 4.78 is 7.80. The third kappa shape index (κ3) is 1.46. The maximum absolute atomic E-state index is 12.3. The Kier molecular flexibility index (Phi) is 2.21. The van der Waals surface area contributed by atoms with Crippen molar-refractivity contribution in [3.63, 3.8) is 0 Å². The summed E-state index contributed by atoms with van der Waals surface area (Å²) in [6.45, 7) is 2.04. The van der Waals surface area contributed by atoms with E-state index in [0.29, 0.717) is 0 Å². The van der Waals surface area contributed by atoms with E-state index in [0.717, 1.165) is 35.2 Å². The first-order valence-electron chi connectivity index (χ1n) is 5.95. The largest absolute Gasteiger partial charge is 0.476 e. The summed E-state index contributed by atoms with van der Waals surface area (Å²) in [4.78, 5) is 12.3. The summed E-state index contributed by atoms with van der Waals surface area (Å²) in [7, 11) is 1.96. The molecule has 0 N–H and O–H groups in total. The van der Waals surface area contributed by atoms with Crippen molar-refractivity contribution in [1.29, 1.82) is 0 Å². The van der Waals surface area contributed by atoms with Crippen LogP contribution in [0.2, 0.25) is 0 Å². The minimum atomic E-state index is 0.126. The van der Waals surface area contributed by atoms with Crippen molar-refractivity contribution < 1.29 is 4.74 Å². The molecule has 1 aromatic heterocycles. The molecule has 0 saturated heterocycles. The van der Waals surface area contributed by atoms with E-state index in [-0.39, 0.29) is 11.5 Å². The van der Waals surface area contributed by atoms with Gasteiger partial charge in [-0.25, -0.2) is 0 Å². The standard InChI is InChI=1S/C14H15NO2/c1-9-7-8-11-13(16)10-5-3-4-6-12(10)15(2)14(11)17-9/h3-6,9H,7-8H2,1-2H3/t9-/m0/s1. The first-order valence-corrected chi connectivity index (χ1v) is 5.95. The Balaban J connectivity index is 2.42. The summed E-state index contributed by atoms with van der Waals surface area (Å²) in [5.74, 6) is 0.743. The van der Waals surface area contributed by atoms with Gasteiger partial charge in [-0.15, -0.1) is 0 Å². The quantitative estimate of drug-likeness (QED) is 0.693. The molecule has 0 saturated carbocycles. The molecule has 88 valence electrons. The number of rotatable bonds is 0. The monoisotopic (exact) mass is 229 g/mol. The van der Waals surface area contributed by atoms with Crippen molar-refractivity contribution in [2.24, 2.45) is 7.05 Å². The predicted molar refractivity (Wildman–Crippen MR) is 67.6 cm³/mol. The normalized spacial score (nSPS) is 18.8. The molecule has 3 rings (SSSR count). The molecule has 0 spiro atoms. The number of hydrogen-bond donors (Lipinski definition) is 0. The number of hydrogen-bond acceptors (Lipinski definition) is 2. The SMILES string of the molecule is C[C@H]1CCc2c(n(C)c3ccccc3c2=O)O1. The van der Waals surface area contributed by atoms with Crippen LogP contribution in [-0.2, 0) is 13.5 Å². The summed E-state index contributed by atoms with van der Waals surface area (Å²) >= 11 is 0. The van der Waals surface area contributed by atoms with Crippen LogP contribution in [0.3, 0.4) is 0 Å². The molecule has 1 aliphatic heterocycles. The van der Waals surface area contributed by atoms with E-state index in [1.54, 1.807) is 0 Å². The van der Waals surface area contributed by atoms with Gasteiger partial charge in [0.2, 0.25) is 5.88 Å². The topological polar surface area (TPSA) is 31.2 Å². The first-order chi connectivity index (χ1) is 8.18. The van der Waals surface area contributed by atoms with Gasteiger partial charge in [0.25, 0.3) is 0 Å². The molecular weight excluding hydrogens is 214 g/mol. The molecule has 0 unspecified atom stereocenters. The molecule has 0 radical (unpaired) electrons. The van der Waals surface area contributed by atoms with Gasteiger partial charge in [0.05, 0.1) is 17.2 Å². The summed E-state index contributed by atoms with van der Waals surface area (Å²) in [6, 6.07) is 7.69. The van der Waals surface area contributed by atoms with Crippen LogP contribution < -0.4 is 10.2 Å². The van der Waals surface area contributed by atoms with E-state index >= 15 is 0 Å². The molecule has 17 heavy (non-hydrogen) atoms. The third-order valence-corrected chi connectivity index (χ3v) is 3.46. The minimum Gasteiger partial charge on any atom is -0.476 e. The van der Waals surface area contributed by atoms with Gasteiger partial charge in [0.1, 0.15) is 0 Å². The Bertz CT molecular complexity index is 642. The van der Waals surface area contributed by atoms with E-state index in [2.05, 4.69) is 0 Å². The lowest BCUT2D eigenvalue weighted by molar-refractivity contribution is 0.176. The van der Waals surface area contributed by atoms with Gasteiger partial charge < -0.3 is 9.30 Å². The summed E-state index contributed by atoms with van der Waals surface area (Å²) in [5.41, 5.74) is 1.88. The zero-order valence-electron chi connectivity index (χ0n) is 10.1. The van der Waals surface area contributed by atoms with Crippen molar-refractivity contribution in [3.05, 3.63) is 40.1 Å². The number of aryl methyl sites for hydroxylation is 1. The van der Waals surface area contributed by atoms with E-state index < -0.39 is 0 Å². The average molecular weight is 229 g/mol. The number of ether oxygens (including phenoxy) is 1. The van der Waals surface area contributed by atoms with Crippen molar-refractivity contribution in [1.82, 2.24) is 4.57 Å². The zero-order valence-corrected chi connectivity index (χ0v) is 10.1. The van der Waals surface area contributed by atoms with Crippen LogP contribution >= 0.6 is 0 Å². The van der Waals surface area contributed by atoms with Crippen LogP contribution in [0.25, 0.3) is 10.9 Å². The fourth-order valence-corrected chi connectivity index (χ4v) is 2.50. The Hall–Kier alpha value is -1.77. The number of aromatic nitrogens is 1. The van der Waals surface area contributed by atoms with Crippen molar-refractivity contribution in [3.8, 4) is 5.88 Å². The Morgan fingerprint density at radius 2 is 2.12 bits per heavy atom. The number of benzene rings is 1. The predicted octanol–water partition coefficient (Wildman–Crippen LogP) is 2.25. The summed E-state index contributed by atoms with van der Waals surface area (Å²) in [5, 5.41) is 0.784. The second-order valence-corrected chi connectivity index (χ2v) is 4.66. The lowest BCUT2D eigenvalue weighted by Crippen LogP contribution is -2.27. The summed E-state index contributed by atoms with van der Waals surface area (Å²) in [6.07, 6.45) is 1.92. The first kappa shape index (κ1) is 10.4. The molecule has 2 aromatic rings. The van der Waals surface area contributed by atoms with Crippen LogP contribution in [0.1, 0.15) is 18.9 Å². The van der Waals surface area contributed by atoms with Gasteiger partial charge in [0.15, 0.2) is 5.43 Å². The second kappa shape index (κ2) is 3.62. The molecular formula is C14H15NO2. The average Bonchev–Trinajstić information content (AvgIpc) is 2.36. The number of para-hydroxylation sites is 1. The molecule has 3 nitrogen and oxygen atoms in total. The fourth-order valence-electron chi connectivity index (χ4n) is 2.50. The molecule has 2 heterocycles. The van der Waals surface area contributed by atoms with Gasteiger partial charge in [0, 0.05) is 12.4 Å². The lowest BCUT2D eigenvalue weighted by atomic mass is 10.0. The van der Waals surface area contributed by atoms with Gasteiger partial charge in [-0.1, -0.05) is 12.1 Å². The van der Waals surface area contributed by atoms with Gasteiger partial charge in [-0.2, -0.15) is 0 Å². The van der Waals surface area contributed by atoms with E-state index in [1.807, 2.05) is 42.8 Å². The molecule has 1 aliphatic rings. The maximum atomic E-state index is 12.3. The van der Waals surface area contributed by atoms with Crippen LogP contribution in [0.15, 0.2) is 29.1 Å². The van der Waals surface area contributed by atoms with E-state index in [1.165, 1.54) is 0 Å². The van der Waals surface area contributed by atoms with Gasteiger partial charge in [-0.05, 0) is 31.9 Å². The highest BCUT2D eigenvalue weighted by molar-refractivity contribution is 5.80. The number of nitrogens with zero attached hydrogens (tertiary/aromatic N) is 1. The smallest absolute Gasteiger partial charge is 0.201 e. The van der Waals surface area contributed by atoms with E-state index in [4.69, 9.17) is 4.74 Å². The highest BCUT2D eigenvalue weighted by Gasteiger charge is 2.22. The molecule has 1 aromatic carbocycles. The van der Waals surface area contributed by atoms with Crippen molar-refractivity contribution in [2.75, 3.05) is 0 Å². The maximum Gasteiger partial charge on any atom is 0.201 e. The molecule has 3 heteroatoms. The fraction of sp³-hybridized carbons (Fsp3) is 0.357. The van der Waals surface area contributed by atoms with Crippen LogP contribution in [-0.4, -0.2) is 10.7 Å². The number of pyridine rings is 1. The Morgan fingerprint density at radius 3 is 2.94 bits per heavy atom. The van der Waals surface area contributed by atoms with Crippen LogP contribution in [0, 0.1) is 0 Å². The van der Waals surface area contributed by atoms with Crippen molar-refractivity contribution in [2.45, 2.75) is 25.9 Å². The third-order valence-electron chi connectivity index (χ3n) is 3.46. The zero-order chi connectivity index (χ0) is 12.0. The molecule has 0 bridgehead atoms. The molecule has 0 aliphatic carbocycles. The van der Waals surface area contributed by atoms with Gasteiger partial charge >= 0.3 is 0 Å². The molecule has 0 fully saturated rings. The second-order valence-electron chi connectivity index (χ2n) is 4.66. The minimum absolute atomic E-state index is 0.126. The lowest BCUT2D eigenvalue weighted by Gasteiger charge is -2.25. The highest BCUT2D eigenvalue weighted by atomic mass is 16.5. The Labute approximate surface area is 99.6 Å². The number of fused-ring (bicyclic) bond motifs is 2. The van der Waals surface area contributed by atoms with E-state index in [9.17, 15) is 4.79 Å². The van der Waals surface area contributed by atoms with Gasteiger partial charge in [-0.3, -0.25) is 4.79 Å².